The van der Waals surface area contributed by atoms with Gasteiger partial charge in [0.05, 0.1) is 5.75 Å². The van der Waals surface area contributed by atoms with E-state index in [1.807, 2.05) is 12.1 Å². The molecule has 2 bridgehead atoms. The van der Waals surface area contributed by atoms with Crippen molar-refractivity contribution in [1.82, 2.24) is 5.32 Å². The number of carbonyl (C=O) groups is 1. The van der Waals surface area contributed by atoms with Gasteiger partial charge in [-0.1, -0.05) is 34.5 Å². The number of halogens is 1. The Balaban J connectivity index is 1.38. The molecule has 4 heteroatoms. The maximum atomic E-state index is 12.0. The Morgan fingerprint density at radius 2 is 2.05 bits per heavy atom. The monoisotopic (exact) mass is 353 g/mol. The summed E-state index contributed by atoms with van der Waals surface area (Å²) in [7, 11) is 0. The van der Waals surface area contributed by atoms with Crippen LogP contribution in [-0.2, 0) is 10.5 Å². The quantitative estimate of drug-likeness (QED) is 0.866. The van der Waals surface area contributed by atoms with Crippen LogP contribution >= 0.6 is 27.7 Å². The van der Waals surface area contributed by atoms with E-state index in [2.05, 4.69) is 33.4 Å². The van der Waals surface area contributed by atoms with Gasteiger partial charge < -0.3 is 5.32 Å². The normalized spacial score (nSPS) is 27.8. The Morgan fingerprint density at radius 1 is 1.25 bits per heavy atom. The van der Waals surface area contributed by atoms with Crippen molar-refractivity contribution >= 4 is 33.6 Å². The summed E-state index contributed by atoms with van der Waals surface area (Å²) in [6.45, 7) is 0. The summed E-state index contributed by atoms with van der Waals surface area (Å²) >= 11 is 5.13. The van der Waals surface area contributed by atoms with Gasteiger partial charge in [-0.05, 0) is 48.8 Å². The minimum absolute atomic E-state index is 0.213. The highest BCUT2D eigenvalue weighted by molar-refractivity contribution is 9.10. The number of amides is 1. The van der Waals surface area contributed by atoms with Gasteiger partial charge in [-0.3, -0.25) is 4.79 Å². The highest BCUT2D eigenvalue weighted by Crippen LogP contribution is 2.44. The molecule has 0 aliphatic heterocycles. The van der Waals surface area contributed by atoms with E-state index in [-0.39, 0.29) is 5.91 Å². The Hall–Kier alpha value is -0.480. The van der Waals surface area contributed by atoms with Crippen molar-refractivity contribution in [1.29, 1.82) is 0 Å². The van der Waals surface area contributed by atoms with Crippen molar-refractivity contribution in [3.63, 3.8) is 0 Å². The molecule has 2 saturated carbocycles. The van der Waals surface area contributed by atoms with Crippen molar-refractivity contribution in [2.75, 3.05) is 5.75 Å². The Morgan fingerprint density at radius 3 is 2.70 bits per heavy atom. The molecule has 3 rings (SSSR count). The molecule has 0 aromatic heterocycles. The molecule has 0 unspecified atom stereocenters. The molecular formula is C16H20BrNOS. The topological polar surface area (TPSA) is 29.1 Å². The number of fused-ring (bicyclic) bond motifs is 2. The van der Waals surface area contributed by atoms with E-state index in [0.29, 0.717) is 11.8 Å². The lowest BCUT2D eigenvalue weighted by molar-refractivity contribution is -0.119. The van der Waals surface area contributed by atoms with Crippen LogP contribution < -0.4 is 5.32 Å². The molecule has 0 saturated heterocycles. The van der Waals surface area contributed by atoms with E-state index in [1.165, 1.54) is 31.2 Å². The van der Waals surface area contributed by atoms with Gasteiger partial charge >= 0.3 is 0 Å². The van der Waals surface area contributed by atoms with Crippen LogP contribution in [0.4, 0.5) is 0 Å². The molecule has 1 aromatic carbocycles. The van der Waals surface area contributed by atoms with E-state index in [9.17, 15) is 4.79 Å². The first-order valence-electron chi connectivity index (χ1n) is 7.32. The largest absolute Gasteiger partial charge is 0.352 e. The fourth-order valence-electron chi connectivity index (χ4n) is 3.51. The van der Waals surface area contributed by atoms with E-state index in [4.69, 9.17) is 0 Å². The molecule has 20 heavy (non-hydrogen) atoms. The van der Waals surface area contributed by atoms with E-state index >= 15 is 0 Å². The van der Waals surface area contributed by atoms with Crippen molar-refractivity contribution in [2.24, 2.45) is 11.8 Å². The molecule has 2 nitrogen and oxygen atoms in total. The summed E-state index contributed by atoms with van der Waals surface area (Å²) in [5.74, 6) is 3.34. The lowest BCUT2D eigenvalue weighted by atomic mass is 9.95. The standard InChI is InChI=1S/C16H20BrNOS/c17-14-5-2-11(3-6-14)9-20-10-16(19)18-15-8-12-1-4-13(15)7-12/h2-3,5-6,12-13,15H,1,4,7-10H2,(H,18,19)/t12-,13-,15-/m0/s1. The maximum absolute atomic E-state index is 12.0. The zero-order chi connectivity index (χ0) is 13.9. The SMILES string of the molecule is O=C(CSCc1ccc(Br)cc1)N[C@H]1C[C@H]2CC[C@H]1C2. The zero-order valence-corrected chi connectivity index (χ0v) is 13.9. The van der Waals surface area contributed by atoms with Gasteiger partial charge in [0, 0.05) is 16.3 Å². The van der Waals surface area contributed by atoms with Crippen LogP contribution in [0.25, 0.3) is 0 Å². The van der Waals surface area contributed by atoms with Gasteiger partial charge in [-0.15, -0.1) is 11.8 Å². The predicted octanol–water partition coefficient (Wildman–Crippen LogP) is 3.99. The van der Waals surface area contributed by atoms with Crippen molar-refractivity contribution in [2.45, 2.75) is 37.5 Å². The smallest absolute Gasteiger partial charge is 0.230 e. The number of nitrogens with one attached hydrogen (secondary N) is 1. The van der Waals surface area contributed by atoms with Crippen molar-refractivity contribution in [3.8, 4) is 0 Å². The second-order valence-electron chi connectivity index (χ2n) is 5.97. The second-order valence-corrected chi connectivity index (χ2v) is 7.87. The number of rotatable bonds is 5. The van der Waals surface area contributed by atoms with Crippen LogP contribution in [-0.4, -0.2) is 17.7 Å². The van der Waals surface area contributed by atoms with E-state index < -0.39 is 0 Å². The number of carbonyl (C=O) groups excluding carboxylic acids is 1. The third-order valence-electron chi connectivity index (χ3n) is 4.50. The molecule has 1 N–H and O–H groups in total. The summed E-state index contributed by atoms with van der Waals surface area (Å²) in [5, 5.41) is 3.24. The number of thioether (sulfide) groups is 1. The highest BCUT2D eigenvalue weighted by atomic mass is 79.9. The van der Waals surface area contributed by atoms with Crippen LogP contribution in [0, 0.1) is 11.8 Å². The molecule has 108 valence electrons. The molecule has 0 radical (unpaired) electrons. The fraction of sp³-hybridized carbons (Fsp3) is 0.562. The molecule has 3 atom stereocenters. The number of hydrogen-bond donors (Lipinski definition) is 1. The molecule has 0 spiro atoms. The molecule has 0 heterocycles. The first-order valence-corrected chi connectivity index (χ1v) is 9.27. The third-order valence-corrected chi connectivity index (χ3v) is 6.03. The highest BCUT2D eigenvalue weighted by Gasteiger charge is 2.39. The average molecular weight is 354 g/mol. The zero-order valence-electron chi connectivity index (χ0n) is 11.5. The van der Waals surface area contributed by atoms with Gasteiger partial charge in [0.25, 0.3) is 0 Å². The lowest BCUT2D eigenvalue weighted by Crippen LogP contribution is -2.39. The lowest BCUT2D eigenvalue weighted by Gasteiger charge is -2.22. The van der Waals surface area contributed by atoms with Crippen molar-refractivity contribution in [3.05, 3.63) is 34.3 Å². The van der Waals surface area contributed by atoms with Crippen LogP contribution in [0.1, 0.15) is 31.2 Å². The molecular weight excluding hydrogens is 334 g/mol. The Labute approximate surface area is 133 Å². The van der Waals surface area contributed by atoms with Gasteiger partial charge in [0.2, 0.25) is 5.91 Å². The number of hydrogen-bond acceptors (Lipinski definition) is 2. The van der Waals surface area contributed by atoms with Gasteiger partial charge in [-0.2, -0.15) is 0 Å². The van der Waals surface area contributed by atoms with E-state index in [1.54, 1.807) is 11.8 Å². The Kier molecular flexibility index (Phi) is 4.72. The maximum Gasteiger partial charge on any atom is 0.230 e. The average Bonchev–Trinajstić information content (AvgIpc) is 3.03. The Bertz CT molecular complexity index is 476. The molecule has 2 aliphatic carbocycles. The van der Waals surface area contributed by atoms with Crippen LogP contribution in [0.15, 0.2) is 28.7 Å². The van der Waals surface area contributed by atoms with E-state index in [0.717, 1.165) is 22.1 Å². The fourth-order valence-corrected chi connectivity index (χ4v) is 4.58. The van der Waals surface area contributed by atoms with Gasteiger partial charge in [0.15, 0.2) is 0 Å². The van der Waals surface area contributed by atoms with Crippen LogP contribution in [0.5, 0.6) is 0 Å². The van der Waals surface area contributed by atoms with Crippen molar-refractivity contribution < 1.29 is 4.79 Å². The summed E-state index contributed by atoms with van der Waals surface area (Å²) < 4.78 is 1.10. The minimum atomic E-state index is 0.213. The molecule has 2 aliphatic rings. The minimum Gasteiger partial charge on any atom is -0.352 e. The summed E-state index contributed by atoms with van der Waals surface area (Å²) in [5.41, 5.74) is 1.27. The first-order chi connectivity index (χ1) is 9.70. The van der Waals surface area contributed by atoms with Gasteiger partial charge in [0.1, 0.15) is 0 Å². The molecule has 2 fully saturated rings. The third kappa shape index (κ3) is 3.59. The van der Waals surface area contributed by atoms with Gasteiger partial charge in [-0.25, -0.2) is 0 Å². The molecule has 1 aromatic rings. The number of benzene rings is 1. The predicted molar refractivity (Wildman–Crippen MR) is 87.7 cm³/mol. The van der Waals surface area contributed by atoms with Crippen LogP contribution in [0.2, 0.25) is 0 Å². The van der Waals surface area contributed by atoms with Crippen LogP contribution in [0.3, 0.4) is 0 Å². The molecule has 1 amide bonds. The summed E-state index contributed by atoms with van der Waals surface area (Å²) in [6.07, 6.45) is 5.27. The summed E-state index contributed by atoms with van der Waals surface area (Å²) in [6, 6.07) is 8.77. The first kappa shape index (κ1) is 14.5. The summed E-state index contributed by atoms with van der Waals surface area (Å²) in [4.78, 5) is 12.0. The second kappa shape index (κ2) is 6.52.